The summed E-state index contributed by atoms with van der Waals surface area (Å²) >= 11 is 0. The van der Waals surface area contributed by atoms with E-state index in [4.69, 9.17) is 0 Å². The van der Waals surface area contributed by atoms with E-state index in [1.807, 2.05) is 25.7 Å². The SMILES string of the molecule is C=C[C@H]1CCN2C(=O)[C@@H](NC(=O)N[C@H](CN3CCC(C)(C)CC3=O)C(C)(C)C)CCCCCCCCC[C@@H](C(=O)C(=O)NCC)NC(=O)[C@H]12. The maximum absolute atomic E-state index is 14.3. The van der Waals surface area contributed by atoms with E-state index < -0.39 is 41.8 Å². The number of urea groups is 1. The molecule has 6 amide bonds. The average molecular weight is 687 g/mol. The second-order valence-electron chi connectivity index (χ2n) is 16.0. The fourth-order valence-corrected chi connectivity index (χ4v) is 7.10. The highest BCUT2D eigenvalue weighted by Gasteiger charge is 2.44. The third-order valence-corrected chi connectivity index (χ3v) is 10.4. The smallest absolute Gasteiger partial charge is 0.315 e. The zero-order chi connectivity index (χ0) is 36.4. The molecular weight excluding hydrogens is 624 g/mol. The van der Waals surface area contributed by atoms with Crippen LogP contribution in [0.5, 0.6) is 0 Å². The number of rotatable bonds is 8. The van der Waals surface area contributed by atoms with Crippen molar-refractivity contribution in [1.82, 2.24) is 31.1 Å². The first-order chi connectivity index (χ1) is 23.1. The van der Waals surface area contributed by atoms with Gasteiger partial charge in [0.05, 0.1) is 12.1 Å². The number of fused-ring (bicyclic) bond motifs is 1. The van der Waals surface area contributed by atoms with Crippen LogP contribution in [0.2, 0.25) is 0 Å². The van der Waals surface area contributed by atoms with Crippen LogP contribution in [0.4, 0.5) is 4.79 Å². The molecule has 49 heavy (non-hydrogen) atoms. The lowest BCUT2D eigenvalue weighted by Gasteiger charge is -2.41. The molecule has 3 rings (SSSR count). The number of nitrogens with zero attached hydrogens (tertiary/aromatic N) is 2. The van der Waals surface area contributed by atoms with Crippen molar-refractivity contribution in [2.75, 3.05) is 26.2 Å². The molecule has 3 aliphatic rings. The lowest BCUT2D eigenvalue weighted by atomic mass is 9.81. The van der Waals surface area contributed by atoms with Gasteiger partial charge in [0.2, 0.25) is 23.5 Å². The fraction of sp³-hybridized carbons (Fsp3) is 0.784. The van der Waals surface area contributed by atoms with E-state index in [0.717, 1.165) is 44.9 Å². The van der Waals surface area contributed by atoms with Crippen molar-refractivity contribution in [3.8, 4) is 0 Å². The summed E-state index contributed by atoms with van der Waals surface area (Å²) in [5.41, 5.74) is -0.415. The predicted octanol–water partition coefficient (Wildman–Crippen LogP) is 3.84. The number of ketones is 1. The monoisotopic (exact) mass is 686 g/mol. The van der Waals surface area contributed by atoms with E-state index in [0.29, 0.717) is 58.3 Å². The van der Waals surface area contributed by atoms with Gasteiger partial charge in [-0.3, -0.25) is 24.0 Å². The van der Waals surface area contributed by atoms with Crippen molar-refractivity contribution in [3.63, 3.8) is 0 Å². The average Bonchev–Trinajstić information content (AvgIpc) is 3.46. The molecule has 0 bridgehead atoms. The van der Waals surface area contributed by atoms with Crippen molar-refractivity contribution in [2.45, 2.75) is 143 Å². The van der Waals surface area contributed by atoms with Crippen molar-refractivity contribution in [2.24, 2.45) is 16.7 Å². The van der Waals surface area contributed by atoms with Crippen LogP contribution in [-0.4, -0.2) is 95.6 Å². The third-order valence-electron chi connectivity index (χ3n) is 10.4. The molecule has 0 spiro atoms. The van der Waals surface area contributed by atoms with Gasteiger partial charge < -0.3 is 31.1 Å². The molecule has 3 fully saturated rings. The molecule has 12 heteroatoms. The summed E-state index contributed by atoms with van der Waals surface area (Å²) in [6.45, 7) is 17.4. The highest BCUT2D eigenvalue weighted by Crippen LogP contribution is 2.32. The Labute approximate surface area is 293 Å². The number of carbonyl (C=O) groups is 6. The van der Waals surface area contributed by atoms with Gasteiger partial charge >= 0.3 is 6.03 Å². The van der Waals surface area contributed by atoms with E-state index in [2.05, 4.69) is 41.7 Å². The maximum Gasteiger partial charge on any atom is 0.315 e. The molecule has 0 radical (unpaired) electrons. The Morgan fingerprint density at radius 3 is 2.20 bits per heavy atom. The first kappa shape index (κ1) is 40.0. The van der Waals surface area contributed by atoms with E-state index in [9.17, 15) is 28.8 Å². The zero-order valence-corrected chi connectivity index (χ0v) is 30.8. The molecule has 3 aliphatic heterocycles. The summed E-state index contributed by atoms with van der Waals surface area (Å²) in [7, 11) is 0. The van der Waals surface area contributed by atoms with Gasteiger partial charge in [0.25, 0.3) is 5.91 Å². The lowest BCUT2D eigenvalue weighted by molar-refractivity contribution is -0.143. The predicted molar refractivity (Wildman–Crippen MR) is 189 cm³/mol. The molecular formula is C37H62N6O6. The third kappa shape index (κ3) is 11.6. The minimum Gasteiger partial charge on any atom is -0.350 e. The van der Waals surface area contributed by atoms with Crippen LogP contribution >= 0.6 is 0 Å². The Balaban J connectivity index is 1.82. The standard InChI is InChI=1S/C37H62N6O6/c1-8-25-19-21-43-30(25)32(46)39-26(31(45)33(47)38-9-2)17-15-13-11-10-12-14-16-18-27(34(43)48)40-35(49)41-28(36(3,4)5)24-42-22-20-37(6,7)23-29(42)44/h8,25-28,30H,1,9-24H2,2-7H3,(H,38,47)(H,39,46)(H2,40,41,49)/t25-,26-,27-,28+,30-/m0/s1. The van der Waals surface area contributed by atoms with Gasteiger partial charge in [-0.25, -0.2) is 4.79 Å². The van der Waals surface area contributed by atoms with Crippen LogP contribution in [0.25, 0.3) is 0 Å². The summed E-state index contributed by atoms with van der Waals surface area (Å²) in [5, 5.41) is 11.4. The maximum atomic E-state index is 14.3. The number of nitrogens with one attached hydrogen (secondary N) is 4. The number of hydrogen-bond acceptors (Lipinski definition) is 6. The van der Waals surface area contributed by atoms with Gasteiger partial charge in [-0.05, 0) is 43.4 Å². The first-order valence-corrected chi connectivity index (χ1v) is 18.5. The van der Waals surface area contributed by atoms with Crippen molar-refractivity contribution >= 4 is 35.4 Å². The largest absolute Gasteiger partial charge is 0.350 e. The molecule has 0 aromatic rings. The van der Waals surface area contributed by atoms with Crippen LogP contribution in [0.1, 0.15) is 119 Å². The highest BCUT2D eigenvalue weighted by atomic mass is 16.2. The van der Waals surface area contributed by atoms with Crippen LogP contribution < -0.4 is 21.3 Å². The summed E-state index contributed by atoms with van der Waals surface area (Å²) < 4.78 is 0. The van der Waals surface area contributed by atoms with Gasteiger partial charge in [-0.2, -0.15) is 0 Å². The molecule has 0 saturated carbocycles. The van der Waals surface area contributed by atoms with Crippen molar-refractivity contribution in [3.05, 3.63) is 12.7 Å². The van der Waals surface area contributed by atoms with E-state index in [-0.39, 0.29) is 34.6 Å². The fourth-order valence-electron chi connectivity index (χ4n) is 7.10. The number of amides is 6. The Hall–Kier alpha value is -3.44. The van der Waals surface area contributed by atoms with Crippen LogP contribution in [-0.2, 0) is 24.0 Å². The summed E-state index contributed by atoms with van der Waals surface area (Å²) in [6, 6.07) is -3.66. The molecule has 4 N–H and O–H groups in total. The Kier molecular flexibility index (Phi) is 14.7. The van der Waals surface area contributed by atoms with Crippen LogP contribution in [0.15, 0.2) is 12.7 Å². The number of hydrogen-bond donors (Lipinski definition) is 4. The Bertz CT molecular complexity index is 1210. The van der Waals surface area contributed by atoms with E-state index in [1.165, 1.54) is 4.90 Å². The molecule has 276 valence electrons. The summed E-state index contributed by atoms with van der Waals surface area (Å²) in [5.74, 6) is -2.57. The van der Waals surface area contributed by atoms with Crippen molar-refractivity contribution < 1.29 is 28.8 Å². The zero-order valence-electron chi connectivity index (χ0n) is 30.8. The Morgan fingerprint density at radius 2 is 1.61 bits per heavy atom. The van der Waals surface area contributed by atoms with Gasteiger partial charge in [-0.1, -0.05) is 85.6 Å². The molecule has 5 atom stereocenters. The first-order valence-electron chi connectivity index (χ1n) is 18.5. The number of likely N-dealkylation sites (N-methyl/N-ethyl adjacent to an activating group) is 1. The van der Waals surface area contributed by atoms with Gasteiger partial charge in [0, 0.05) is 38.5 Å². The van der Waals surface area contributed by atoms with E-state index in [1.54, 1.807) is 13.0 Å². The molecule has 0 aromatic heterocycles. The molecule has 12 nitrogen and oxygen atoms in total. The second-order valence-corrected chi connectivity index (χ2v) is 16.0. The molecule has 3 saturated heterocycles. The lowest BCUT2D eigenvalue weighted by Crippen LogP contribution is -2.60. The van der Waals surface area contributed by atoms with E-state index >= 15 is 0 Å². The number of likely N-dealkylation sites (tertiary alicyclic amines) is 1. The number of piperidine rings is 1. The van der Waals surface area contributed by atoms with Gasteiger partial charge in [0.1, 0.15) is 12.1 Å². The highest BCUT2D eigenvalue weighted by molar-refractivity contribution is 6.38. The van der Waals surface area contributed by atoms with Crippen molar-refractivity contribution in [1.29, 1.82) is 0 Å². The number of Topliss-reactive ketones (excluding diaryl/α,β-unsaturated/α-hetero) is 1. The Morgan fingerprint density at radius 1 is 0.980 bits per heavy atom. The van der Waals surface area contributed by atoms with Gasteiger partial charge in [0.15, 0.2) is 0 Å². The second kappa shape index (κ2) is 18.0. The minimum absolute atomic E-state index is 0.0464. The minimum atomic E-state index is -0.998. The summed E-state index contributed by atoms with van der Waals surface area (Å²) in [6.07, 6.45) is 10.4. The number of carbonyl (C=O) groups excluding carboxylic acids is 6. The van der Waals surface area contributed by atoms with Gasteiger partial charge in [-0.15, -0.1) is 6.58 Å². The normalized spacial score (nSPS) is 26.6. The molecule has 3 heterocycles. The summed E-state index contributed by atoms with van der Waals surface area (Å²) in [4.78, 5) is 83.6. The van der Waals surface area contributed by atoms with Crippen LogP contribution in [0, 0.1) is 16.7 Å². The molecule has 0 unspecified atom stereocenters. The molecule has 0 aromatic carbocycles. The molecule has 0 aliphatic carbocycles. The van der Waals surface area contributed by atoms with Crippen LogP contribution in [0.3, 0.4) is 0 Å². The topological polar surface area (TPSA) is 157 Å². The quantitative estimate of drug-likeness (QED) is 0.225.